The van der Waals surface area contributed by atoms with Gasteiger partial charge in [-0.15, -0.1) is 0 Å². The van der Waals surface area contributed by atoms with Crippen LogP contribution in [0, 0.1) is 0 Å². The van der Waals surface area contributed by atoms with Crippen molar-refractivity contribution in [1.82, 2.24) is 15.2 Å². The number of ether oxygens (including phenoxy) is 4. The molecule has 0 saturated heterocycles. The molecule has 0 bridgehead atoms. The summed E-state index contributed by atoms with van der Waals surface area (Å²) in [6.07, 6.45) is -1.79. The number of carbonyl (C=O) groups excluding carboxylic acids is 1. The lowest BCUT2D eigenvalue weighted by Gasteiger charge is -2.37. The van der Waals surface area contributed by atoms with Crippen molar-refractivity contribution < 1.29 is 36.9 Å². The molecular formula is C29H32F3N3O5. The first-order chi connectivity index (χ1) is 19.2. The fourth-order valence-corrected chi connectivity index (χ4v) is 4.78. The molecule has 0 spiro atoms. The monoisotopic (exact) mass is 559 g/mol. The van der Waals surface area contributed by atoms with Crippen molar-refractivity contribution in [3.63, 3.8) is 0 Å². The number of aromatic nitrogens is 1. The van der Waals surface area contributed by atoms with Crippen molar-refractivity contribution in [3.05, 3.63) is 77.1 Å². The second-order valence-corrected chi connectivity index (χ2v) is 9.33. The van der Waals surface area contributed by atoms with Gasteiger partial charge in [0.25, 0.3) is 0 Å². The van der Waals surface area contributed by atoms with Crippen molar-refractivity contribution in [2.75, 3.05) is 41.0 Å². The number of nitrogens with zero attached hydrogens (tertiary/aromatic N) is 2. The van der Waals surface area contributed by atoms with E-state index < -0.39 is 12.8 Å². The smallest absolute Gasteiger partial charge is 0.422 e. The third kappa shape index (κ3) is 7.35. The lowest BCUT2D eigenvalue weighted by Crippen LogP contribution is -2.43. The number of alkyl halides is 3. The second-order valence-electron chi connectivity index (χ2n) is 9.33. The van der Waals surface area contributed by atoms with Crippen molar-refractivity contribution >= 4 is 5.91 Å². The second kappa shape index (κ2) is 12.9. The first-order valence-corrected chi connectivity index (χ1v) is 12.7. The number of nitrogens with one attached hydrogen (secondary N) is 1. The highest BCUT2D eigenvalue weighted by Crippen LogP contribution is 2.41. The van der Waals surface area contributed by atoms with Crippen LogP contribution in [-0.4, -0.2) is 63.0 Å². The Hall–Kier alpha value is -3.99. The molecule has 0 radical (unpaired) electrons. The number of fused-ring (bicyclic) bond motifs is 1. The molecule has 214 valence electrons. The van der Waals surface area contributed by atoms with Crippen LogP contribution in [0.2, 0.25) is 0 Å². The van der Waals surface area contributed by atoms with Crippen molar-refractivity contribution in [1.29, 1.82) is 0 Å². The van der Waals surface area contributed by atoms with Crippen LogP contribution in [0.25, 0.3) is 0 Å². The number of hydrogen-bond donors (Lipinski definition) is 1. The molecule has 1 atom stereocenters. The SMILES string of the molecule is COc1ccc(CC2c3cc(OCC(F)(F)F)c(OC)cc3CCN2CC(=O)NCc2ccccn2)cc1OC. The van der Waals surface area contributed by atoms with Gasteiger partial charge in [0.1, 0.15) is 0 Å². The van der Waals surface area contributed by atoms with Gasteiger partial charge in [0.2, 0.25) is 5.91 Å². The number of pyridine rings is 1. The first kappa shape index (κ1) is 29.0. The fraction of sp³-hybridized carbons (Fsp3) is 0.379. The molecule has 1 aromatic heterocycles. The zero-order valence-electron chi connectivity index (χ0n) is 22.6. The van der Waals surface area contributed by atoms with Gasteiger partial charge in [0, 0.05) is 18.8 Å². The summed E-state index contributed by atoms with van der Waals surface area (Å²) in [7, 11) is 4.49. The molecule has 1 N–H and O–H groups in total. The molecule has 40 heavy (non-hydrogen) atoms. The molecule has 0 fully saturated rings. The first-order valence-electron chi connectivity index (χ1n) is 12.7. The molecule has 11 heteroatoms. The van der Waals surface area contributed by atoms with Crippen LogP contribution >= 0.6 is 0 Å². The average molecular weight is 560 g/mol. The molecule has 1 aliphatic rings. The van der Waals surface area contributed by atoms with Gasteiger partial charge in [-0.2, -0.15) is 13.2 Å². The summed E-state index contributed by atoms with van der Waals surface area (Å²) >= 11 is 0. The van der Waals surface area contributed by atoms with Crippen LogP contribution in [0.5, 0.6) is 23.0 Å². The summed E-state index contributed by atoms with van der Waals surface area (Å²) in [5, 5.41) is 2.91. The Kier molecular flexibility index (Phi) is 9.36. The van der Waals surface area contributed by atoms with Crippen LogP contribution in [0.3, 0.4) is 0 Å². The van der Waals surface area contributed by atoms with Crippen LogP contribution < -0.4 is 24.3 Å². The summed E-state index contributed by atoms with van der Waals surface area (Å²) in [6, 6.07) is 14.0. The van der Waals surface area contributed by atoms with E-state index in [0.29, 0.717) is 30.9 Å². The van der Waals surface area contributed by atoms with Gasteiger partial charge in [-0.05, 0) is 65.9 Å². The highest BCUT2D eigenvalue weighted by Gasteiger charge is 2.33. The van der Waals surface area contributed by atoms with Crippen LogP contribution in [0.4, 0.5) is 13.2 Å². The highest BCUT2D eigenvalue weighted by atomic mass is 19.4. The summed E-state index contributed by atoms with van der Waals surface area (Å²) in [5.74, 6) is 1.17. The van der Waals surface area contributed by atoms with E-state index in [2.05, 4.69) is 10.3 Å². The molecule has 2 heterocycles. The third-order valence-corrected chi connectivity index (χ3v) is 6.70. The van der Waals surface area contributed by atoms with Gasteiger partial charge in [-0.25, -0.2) is 0 Å². The van der Waals surface area contributed by atoms with Crippen LogP contribution in [0.15, 0.2) is 54.7 Å². The Labute approximate surface area is 231 Å². The minimum absolute atomic E-state index is 0.00246. The number of carbonyl (C=O) groups is 1. The number of benzene rings is 2. The predicted molar refractivity (Wildman–Crippen MR) is 142 cm³/mol. The van der Waals surface area contributed by atoms with Gasteiger partial charge in [0.15, 0.2) is 29.6 Å². The number of rotatable bonds is 11. The van der Waals surface area contributed by atoms with Crippen LogP contribution in [-0.2, 0) is 24.2 Å². The van der Waals surface area contributed by atoms with Crippen LogP contribution in [0.1, 0.15) is 28.4 Å². The number of hydrogen-bond acceptors (Lipinski definition) is 7. The summed E-state index contributed by atoms with van der Waals surface area (Å²) in [5.41, 5.74) is 3.34. The van der Waals surface area contributed by atoms with E-state index in [4.69, 9.17) is 18.9 Å². The standard InChI is InChI=1S/C29H32F3N3O5/c1-37-24-8-7-19(13-25(24)38-2)12-23-22-15-27(40-18-29(30,31)32)26(39-3)14-20(22)9-11-35(23)17-28(36)34-16-21-6-4-5-10-33-21/h4-8,10,13-15,23H,9,11-12,16-18H2,1-3H3,(H,34,36). The minimum Gasteiger partial charge on any atom is -0.493 e. The molecule has 1 unspecified atom stereocenters. The van der Waals surface area contributed by atoms with E-state index in [-0.39, 0.29) is 36.5 Å². The molecule has 3 aromatic rings. The lowest BCUT2D eigenvalue weighted by atomic mass is 9.88. The van der Waals surface area contributed by atoms with Gasteiger partial charge in [0.05, 0.1) is 40.1 Å². The van der Waals surface area contributed by atoms with E-state index in [1.807, 2.05) is 29.2 Å². The topological polar surface area (TPSA) is 82.2 Å². The summed E-state index contributed by atoms with van der Waals surface area (Å²) in [4.78, 5) is 19.2. The number of methoxy groups -OCH3 is 3. The Morgan fingerprint density at radius 1 is 1.00 bits per heavy atom. The van der Waals surface area contributed by atoms with E-state index in [0.717, 1.165) is 22.4 Å². The predicted octanol–water partition coefficient (Wildman–Crippen LogP) is 4.51. The van der Waals surface area contributed by atoms with Gasteiger partial charge >= 0.3 is 6.18 Å². The molecule has 2 aromatic carbocycles. The Morgan fingerprint density at radius 2 is 1.75 bits per heavy atom. The van der Waals surface area contributed by atoms with Crippen molar-refractivity contribution in [2.45, 2.75) is 31.6 Å². The number of amides is 1. The maximum atomic E-state index is 13.0. The van der Waals surface area contributed by atoms with Gasteiger partial charge < -0.3 is 24.3 Å². The Morgan fingerprint density at radius 3 is 2.42 bits per heavy atom. The molecule has 8 nitrogen and oxygen atoms in total. The molecular weight excluding hydrogens is 527 g/mol. The zero-order chi connectivity index (χ0) is 28.7. The third-order valence-electron chi connectivity index (χ3n) is 6.70. The summed E-state index contributed by atoms with van der Waals surface area (Å²) in [6.45, 7) is -0.498. The zero-order valence-corrected chi connectivity index (χ0v) is 22.6. The average Bonchev–Trinajstić information content (AvgIpc) is 2.95. The Bertz CT molecular complexity index is 1300. The molecule has 4 rings (SSSR count). The van der Waals surface area contributed by atoms with Gasteiger partial charge in [-0.3, -0.25) is 14.7 Å². The maximum absolute atomic E-state index is 13.0. The molecule has 1 amide bonds. The molecule has 0 aliphatic carbocycles. The largest absolute Gasteiger partial charge is 0.493 e. The van der Waals surface area contributed by atoms with E-state index in [9.17, 15) is 18.0 Å². The van der Waals surface area contributed by atoms with Crippen molar-refractivity contribution in [2.24, 2.45) is 0 Å². The fourth-order valence-electron chi connectivity index (χ4n) is 4.78. The normalized spacial score (nSPS) is 15.2. The lowest BCUT2D eigenvalue weighted by molar-refractivity contribution is -0.153. The minimum atomic E-state index is -4.50. The number of halogens is 3. The quantitative estimate of drug-likeness (QED) is 0.370. The van der Waals surface area contributed by atoms with Crippen molar-refractivity contribution in [3.8, 4) is 23.0 Å². The maximum Gasteiger partial charge on any atom is 0.422 e. The van der Waals surface area contributed by atoms with E-state index in [1.165, 1.54) is 7.11 Å². The highest BCUT2D eigenvalue weighted by molar-refractivity contribution is 5.78. The molecule has 0 saturated carbocycles. The Balaban J connectivity index is 1.64. The summed E-state index contributed by atoms with van der Waals surface area (Å²) < 4.78 is 60.2. The van der Waals surface area contributed by atoms with E-state index in [1.54, 1.807) is 44.7 Å². The van der Waals surface area contributed by atoms with E-state index >= 15 is 0 Å². The van der Waals surface area contributed by atoms with Gasteiger partial charge in [-0.1, -0.05) is 12.1 Å². The molecule has 1 aliphatic heterocycles.